The maximum absolute atomic E-state index is 12.9. The van der Waals surface area contributed by atoms with Gasteiger partial charge in [0.05, 0.1) is 12.5 Å². The summed E-state index contributed by atoms with van der Waals surface area (Å²) in [6.07, 6.45) is 1.55. The monoisotopic (exact) mass is 409 g/mol. The molecule has 1 saturated heterocycles. The topological polar surface area (TPSA) is 71.5 Å². The molecule has 1 unspecified atom stereocenters. The van der Waals surface area contributed by atoms with E-state index in [-0.39, 0.29) is 17.8 Å². The van der Waals surface area contributed by atoms with E-state index in [4.69, 9.17) is 4.74 Å². The number of thiazole rings is 1. The van der Waals surface area contributed by atoms with E-state index < -0.39 is 0 Å². The number of hydrogen-bond acceptors (Lipinski definition) is 6. The molecule has 1 amide bonds. The Morgan fingerprint density at radius 1 is 1.24 bits per heavy atom. The highest BCUT2D eigenvalue weighted by molar-refractivity contribution is 7.14. The molecule has 150 valence electrons. The third kappa shape index (κ3) is 4.24. The van der Waals surface area contributed by atoms with Gasteiger partial charge >= 0.3 is 5.97 Å². The maximum Gasteiger partial charge on any atom is 0.310 e. The lowest BCUT2D eigenvalue weighted by molar-refractivity contribution is -0.149. The van der Waals surface area contributed by atoms with E-state index in [1.165, 1.54) is 11.3 Å². The number of aromatic nitrogens is 1. The number of esters is 1. The van der Waals surface area contributed by atoms with Crippen LogP contribution in [-0.4, -0.2) is 41.5 Å². The van der Waals surface area contributed by atoms with E-state index in [1.807, 2.05) is 24.3 Å². The Balaban J connectivity index is 1.47. The molecule has 4 rings (SSSR count). The van der Waals surface area contributed by atoms with Gasteiger partial charge in [-0.1, -0.05) is 36.4 Å². The van der Waals surface area contributed by atoms with Gasteiger partial charge in [-0.2, -0.15) is 0 Å². The zero-order valence-electron chi connectivity index (χ0n) is 16.3. The highest BCUT2D eigenvalue weighted by atomic mass is 32.1. The number of nitrogens with one attached hydrogen (secondary N) is 1. The van der Waals surface area contributed by atoms with E-state index in [9.17, 15) is 9.59 Å². The second-order valence-electron chi connectivity index (χ2n) is 7.03. The van der Waals surface area contributed by atoms with Crippen molar-refractivity contribution in [3.05, 3.63) is 53.5 Å². The molecule has 1 aliphatic heterocycles. The molecule has 0 radical (unpaired) electrons. The van der Waals surface area contributed by atoms with Crippen molar-refractivity contribution in [1.82, 2.24) is 9.88 Å². The van der Waals surface area contributed by atoms with E-state index in [1.54, 1.807) is 17.2 Å². The molecule has 7 heteroatoms. The highest BCUT2D eigenvalue weighted by Crippen LogP contribution is 2.28. The molecule has 1 N–H and O–H groups in total. The maximum atomic E-state index is 12.9. The van der Waals surface area contributed by atoms with Crippen LogP contribution in [0.3, 0.4) is 0 Å². The highest BCUT2D eigenvalue weighted by Gasteiger charge is 2.30. The molecular formula is C22H23N3O3S. The van der Waals surface area contributed by atoms with Gasteiger partial charge in [0.25, 0.3) is 5.91 Å². The molecule has 1 fully saturated rings. The van der Waals surface area contributed by atoms with Crippen molar-refractivity contribution in [3.63, 3.8) is 0 Å². The predicted octanol–water partition coefficient (Wildman–Crippen LogP) is 4.46. The largest absolute Gasteiger partial charge is 0.466 e. The number of hydrogen-bond donors (Lipinski definition) is 1. The van der Waals surface area contributed by atoms with Crippen LogP contribution in [0.1, 0.15) is 30.3 Å². The summed E-state index contributed by atoms with van der Waals surface area (Å²) in [5.74, 6) is -0.609. The third-order valence-corrected chi connectivity index (χ3v) is 5.84. The average Bonchev–Trinajstić information content (AvgIpc) is 3.22. The summed E-state index contributed by atoms with van der Waals surface area (Å²) in [7, 11) is 0. The summed E-state index contributed by atoms with van der Waals surface area (Å²) in [6.45, 7) is 3.18. The van der Waals surface area contributed by atoms with Crippen molar-refractivity contribution in [3.8, 4) is 0 Å². The molecule has 2 aromatic carbocycles. The van der Waals surface area contributed by atoms with Crippen LogP contribution in [0.15, 0.2) is 47.8 Å². The fourth-order valence-electron chi connectivity index (χ4n) is 3.66. The molecule has 29 heavy (non-hydrogen) atoms. The first-order valence-corrected chi connectivity index (χ1v) is 10.7. The number of amides is 1. The molecule has 6 nitrogen and oxygen atoms in total. The van der Waals surface area contributed by atoms with Gasteiger partial charge in [-0.05, 0) is 31.2 Å². The van der Waals surface area contributed by atoms with Crippen LogP contribution in [0.5, 0.6) is 0 Å². The first-order chi connectivity index (χ1) is 14.2. The normalized spacial score (nSPS) is 16.6. The van der Waals surface area contributed by atoms with Crippen LogP contribution in [0.2, 0.25) is 0 Å². The lowest BCUT2D eigenvalue weighted by atomic mass is 9.98. The standard InChI is InChI=1S/C22H23N3O3S/c1-2-28-21(27)16-9-6-12-25(13-16)20(26)19-14-29-22(24-19)23-18-11-5-8-15-7-3-4-10-17(15)18/h3-5,7-8,10-11,14,16H,2,6,9,12-13H2,1H3,(H,23,24). The van der Waals surface area contributed by atoms with Gasteiger partial charge in [-0.15, -0.1) is 11.3 Å². The summed E-state index contributed by atoms with van der Waals surface area (Å²) in [4.78, 5) is 31.1. The predicted molar refractivity (Wildman–Crippen MR) is 115 cm³/mol. The average molecular weight is 410 g/mol. The minimum atomic E-state index is -0.250. The fraction of sp³-hybridized carbons (Fsp3) is 0.318. The van der Waals surface area contributed by atoms with Crippen LogP contribution in [0.4, 0.5) is 10.8 Å². The number of benzene rings is 2. The van der Waals surface area contributed by atoms with Gasteiger partial charge in [0.1, 0.15) is 5.69 Å². The number of carbonyl (C=O) groups excluding carboxylic acids is 2. The number of carbonyl (C=O) groups is 2. The van der Waals surface area contributed by atoms with Crippen LogP contribution >= 0.6 is 11.3 Å². The Bertz CT molecular complexity index is 1030. The molecule has 0 spiro atoms. The van der Waals surface area contributed by atoms with Gasteiger partial charge in [-0.3, -0.25) is 9.59 Å². The molecule has 1 atom stereocenters. The molecule has 2 heterocycles. The van der Waals surface area contributed by atoms with Crippen LogP contribution in [-0.2, 0) is 9.53 Å². The van der Waals surface area contributed by atoms with Gasteiger partial charge in [0.2, 0.25) is 0 Å². The number of likely N-dealkylation sites (tertiary alicyclic amines) is 1. The fourth-order valence-corrected chi connectivity index (χ4v) is 4.35. The Morgan fingerprint density at radius 2 is 2.07 bits per heavy atom. The Kier molecular flexibility index (Phi) is 5.76. The quantitative estimate of drug-likeness (QED) is 0.630. The Labute approximate surface area is 173 Å². The van der Waals surface area contributed by atoms with Crippen molar-refractivity contribution in [2.45, 2.75) is 19.8 Å². The summed E-state index contributed by atoms with van der Waals surface area (Å²) in [5.41, 5.74) is 1.36. The van der Waals surface area contributed by atoms with Crippen LogP contribution < -0.4 is 5.32 Å². The molecule has 1 aliphatic rings. The van der Waals surface area contributed by atoms with Crippen molar-refractivity contribution in [2.75, 3.05) is 25.0 Å². The molecule has 1 aromatic heterocycles. The molecule has 3 aromatic rings. The lowest BCUT2D eigenvalue weighted by Crippen LogP contribution is -2.42. The van der Waals surface area contributed by atoms with E-state index >= 15 is 0 Å². The van der Waals surface area contributed by atoms with Crippen molar-refractivity contribution in [2.24, 2.45) is 5.92 Å². The van der Waals surface area contributed by atoms with Crippen molar-refractivity contribution in [1.29, 1.82) is 0 Å². The SMILES string of the molecule is CCOC(=O)C1CCCN(C(=O)c2csc(Nc3cccc4ccccc34)n2)C1. The van der Waals surface area contributed by atoms with Crippen molar-refractivity contribution < 1.29 is 14.3 Å². The van der Waals surface area contributed by atoms with Crippen molar-refractivity contribution >= 4 is 44.8 Å². The molecule has 0 aliphatic carbocycles. The van der Waals surface area contributed by atoms with Gasteiger partial charge in [0.15, 0.2) is 5.13 Å². The number of ether oxygens (including phenoxy) is 1. The number of piperidine rings is 1. The summed E-state index contributed by atoms with van der Waals surface area (Å²) in [5, 5.41) is 8.01. The first-order valence-electron chi connectivity index (χ1n) is 9.82. The summed E-state index contributed by atoms with van der Waals surface area (Å²) < 4.78 is 5.12. The van der Waals surface area contributed by atoms with E-state index in [0.29, 0.717) is 30.5 Å². The molecular weight excluding hydrogens is 386 g/mol. The van der Waals surface area contributed by atoms with Crippen LogP contribution in [0.25, 0.3) is 10.8 Å². The minimum Gasteiger partial charge on any atom is -0.466 e. The number of rotatable bonds is 5. The van der Waals surface area contributed by atoms with E-state index in [2.05, 4.69) is 28.5 Å². The minimum absolute atomic E-state index is 0.138. The summed E-state index contributed by atoms with van der Waals surface area (Å²) in [6, 6.07) is 14.2. The number of fused-ring (bicyclic) bond motifs is 1. The Morgan fingerprint density at radius 3 is 2.93 bits per heavy atom. The zero-order valence-corrected chi connectivity index (χ0v) is 17.1. The number of nitrogens with zero attached hydrogens (tertiary/aromatic N) is 2. The lowest BCUT2D eigenvalue weighted by Gasteiger charge is -2.31. The van der Waals surface area contributed by atoms with Gasteiger partial charge in [0, 0.05) is 29.5 Å². The Hall–Kier alpha value is -2.93. The van der Waals surface area contributed by atoms with Gasteiger partial charge in [-0.25, -0.2) is 4.98 Å². The first kappa shape index (κ1) is 19.4. The molecule has 0 bridgehead atoms. The third-order valence-electron chi connectivity index (χ3n) is 5.08. The second-order valence-corrected chi connectivity index (χ2v) is 7.89. The number of anilines is 2. The smallest absolute Gasteiger partial charge is 0.310 e. The zero-order chi connectivity index (χ0) is 20.2. The molecule has 0 saturated carbocycles. The summed E-state index contributed by atoms with van der Waals surface area (Å²) >= 11 is 1.40. The second kappa shape index (κ2) is 8.61. The van der Waals surface area contributed by atoms with Gasteiger partial charge < -0.3 is 15.0 Å². The van der Waals surface area contributed by atoms with Crippen LogP contribution in [0, 0.1) is 5.92 Å². The van der Waals surface area contributed by atoms with E-state index in [0.717, 1.165) is 29.3 Å².